The van der Waals surface area contributed by atoms with E-state index in [4.69, 9.17) is 4.74 Å². The first-order valence-corrected chi connectivity index (χ1v) is 8.94. The minimum atomic E-state index is -0.364. The monoisotopic (exact) mass is 356 g/mol. The summed E-state index contributed by atoms with van der Waals surface area (Å²) >= 11 is 1.25. The topological polar surface area (TPSA) is 68.5 Å². The molecule has 130 valence electrons. The van der Waals surface area contributed by atoms with Gasteiger partial charge in [-0.1, -0.05) is 36.5 Å². The van der Waals surface area contributed by atoms with Gasteiger partial charge in [-0.3, -0.25) is 5.43 Å². The SMILES string of the molecule is CCc1nc(N/N=C\c2cn(CC)c3ccccc23)sc1C(=O)OC. The van der Waals surface area contributed by atoms with Crippen LogP contribution in [0.5, 0.6) is 0 Å². The fourth-order valence-corrected chi connectivity index (χ4v) is 3.61. The van der Waals surface area contributed by atoms with Gasteiger partial charge in [-0.25, -0.2) is 9.78 Å². The zero-order valence-electron chi connectivity index (χ0n) is 14.4. The van der Waals surface area contributed by atoms with Crippen LogP contribution in [0.25, 0.3) is 10.9 Å². The minimum absolute atomic E-state index is 0.364. The Labute approximate surface area is 150 Å². The molecule has 1 aromatic carbocycles. The van der Waals surface area contributed by atoms with Crippen LogP contribution in [0.3, 0.4) is 0 Å². The van der Waals surface area contributed by atoms with Crippen LogP contribution in [0.15, 0.2) is 35.6 Å². The van der Waals surface area contributed by atoms with Crippen LogP contribution in [0.1, 0.15) is 34.8 Å². The summed E-state index contributed by atoms with van der Waals surface area (Å²) in [4.78, 5) is 16.7. The Kier molecular flexibility index (Phi) is 5.14. The molecule has 0 aliphatic rings. The van der Waals surface area contributed by atoms with E-state index in [1.807, 2.05) is 19.1 Å². The number of hydrazone groups is 1. The molecule has 6 nitrogen and oxygen atoms in total. The Morgan fingerprint density at radius 1 is 1.40 bits per heavy atom. The van der Waals surface area contributed by atoms with Crippen molar-refractivity contribution in [3.8, 4) is 0 Å². The number of thiazole rings is 1. The Balaban J connectivity index is 1.82. The van der Waals surface area contributed by atoms with E-state index in [0.717, 1.165) is 23.2 Å². The highest BCUT2D eigenvalue weighted by Gasteiger charge is 2.17. The summed E-state index contributed by atoms with van der Waals surface area (Å²) < 4.78 is 6.98. The molecule has 0 spiro atoms. The molecule has 2 aromatic heterocycles. The molecule has 25 heavy (non-hydrogen) atoms. The number of nitrogens with one attached hydrogen (secondary N) is 1. The molecular formula is C18H20N4O2S. The van der Waals surface area contributed by atoms with E-state index in [1.54, 1.807) is 6.21 Å². The molecule has 0 aliphatic heterocycles. The van der Waals surface area contributed by atoms with Crippen LogP contribution >= 0.6 is 11.3 Å². The van der Waals surface area contributed by atoms with Crippen molar-refractivity contribution in [2.75, 3.05) is 12.5 Å². The number of ether oxygens (including phenoxy) is 1. The highest BCUT2D eigenvalue weighted by atomic mass is 32.1. The molecule has 3 aromatic rings. The number of nitrogens with zero attached hydrogens (tertiary/aromatic N) is 3. The molecule has 0 atom stereocenters. The number of fused-ring (bicyclic) bond motifs is 1. The first-order chi connectivity index (χ1) is 12.2. The van der Waals surface area contributed by atoms with Gasteiger partial charge < -0.3 is 9.30 Å². The summed E-state index contributed by atoms with van der Waals surface area (Å²) in [7, 11) is 1.37. The third-order valence-electron chi connectivity index (χ3n) is 3.93. The van der Waals surface area contributed by atoms with Crippen LogP contribution in [-0.2, 0) is 17.7 Å². The van der Waals surface area contributed by atoms with Gasteiger partial charge in [0.25, 0.3) is 0 Å². The van der Waals surface area contributed by atoms with Gasteiger partial charge >= 0.3 is 5.97 Å². The number of aromatic nitrogens is 2. The molecule has 7 heteroatoms. The molecule has 2 heterocycles. The summed E-state index contributed by atoms with van der Waals surface area (Å²) in [5, 5.41) is 6.02. The molecule has 0 bridgehead atoms. The summed E-state index contributed by atoms with van der Waals surface area (Å²) in [6.45, 7) is 4.96. The Hall–Kier alpha value is -2.67. The van der Waals surface area contributed by atoms with E-state index >= 15 is 0 Å². The molecule has 1 N–H and O–H groups in total. The third-order valence-corrected chi connectivity index (χ3v) is 4.91. The molecule has 0 radical (unpaired) electrons. The molecule has 3 rings (SSSR count). The first-order valence-electron chi connectivity index (χ1n) is 8.12. The number of para-hydroxylation sites is 1. The van der Waals surface area contributed by atoms with E-state index in [9.17, 15) is 4.79 Å². The van der Waals surface area contributed by atoms with Crippen LogP contribution in [0, 0.1) is 0 Å². The van der Waals surface area contributed by atoms with Crippen molar-refractivity contribution in [3.63, 3.8) is 0 Å². The van der Waals surface area contributed by atoms with Crippen molar-refractivity contribution in [1.29, 1.82) is 0 Å². The Bertz CT molecular complexity index is 926. The predicted octanol–water partition coefficient (Wildman–Crippen LogP) is 3.91. The average molecular weight is 356 g/mol. The molecule has 0 fully saturated rings. The lowest BCUT2D eigenvalue weighted by Crippen LogP contribution is -2.01. The number of carbonyl (C=O) groups excluding carboxylic acids is 1. The second-order valence-corrected chi connectivity index (χ2v) is 6.40. The normalized spacial score (nSPS) is 11.3. The van der Waals surface area contributed by atoms with E-state index < -0.39 is 0 Å². The van der Waals surface area contributed by atoms with Crippen LogP contribution < -0.4 is 5.43 Å². The van der Waals surface area contributed by atoms with Gasteiger partial charge in [0.15, 0.2) is 0 Å². The molecule has 0 unspecified atom stereocenters. The van der Waals surface area contributed by atoms with Crippen LogP contribution in [0.4, 0.5) is 5.13 Å². The van der Waals surface area contributed by atoms with Gasteiger partial charge in [0.2, 0.25) is 5.13 Å². The van der Waals surface area contributed by atoms with E-state index in [-0.39, 0.29) is 5.97 Å². The molecule has 0 aliphatic carbocycles. The van der Waals surface area contributed by atoms with Gasteiger partial charge in [0.05, 0.1) is 19.0 Å². The van der Waals surface area contributed by atoms with E-state index in [2.05, 4.69) is 45.3 Å². The highest BCUT2D eigenvalue weighted by molar-refractivity contribution is 7.17. The molecule has 0 saturated heterocycles. The van der Waals surface area contributed by atoms with Crippen molar-refractivity contribution in [3.05, 3.63) is 46.6 Å². The van der Waals surface area contributed by atoms with Crippen molar-refractivity contribution in [1.82, 2.24) is 9.55 Å². The molecular weight excluding hydrogens is 336 g/mol. The van der Waals surface area contributed by atoms with Gasteiger partial charge in [-0.05, 0) is 19.4 Å². The van der Waals surface area contributed by atoms with Gasteiger partial charge in [-0.15, -0.1) is 0 Å². The maximum atomic E-state index is 11.8. The van der Waals surface area contributed by atoms with Crippen molar-refractivity contribution in [2.45, 2.75) is 26.8 Å². The number of rotatable bonds is 6. The number of aryl methyl sites for hydroxylation is 2. The number of hydrogen-bond donors (Lipinski definition) is 1. The van der Waals surface area contributed by atoms with Crippen molar-refractivity contribution >= 4 is 39.6 Å². The fourth-order valence-electron chi connectivity index (χ4n) is 2.69. The lowest BCUT2D eigenvalue weighted by atomic mass is 10.2. The van der Waals surface area contributed by atoms with Crippen molar-refractivity contribution < 1.29 is 9.53 Å². The number of hydrogen-bond acceptors (Lipinski definition) is 6. The van der Waals surface area contributed by atoms with Gasteiger partial charge in [0, 0.05) is 29.2 Å². The Morgan fingerprint density at radius 2 is 2.20 bits per heavy atom. The predicted molar refractivity (Wildman–Crippen MR) is 102 cm³/mol. The average Bonchev–Trinajstić information content (AvgIpc) is 3.22. The second-order valence-electron chi connectivity index (χ2n) is 5.40. The van der Waals surface area contributed by atoms with E-state index in [1.165, 1.54) is 24.0 Å². The fraction of sp³-hybridized carbons (Fsp3) is 0.278. The van der Waals surface area contributed by atoms with Crippen LogP contribution in [-0.4, -0.2) is 28.8 Å². The lowest BCUT2D eigenvalue weighted by Gasteiger charge is -1.97. The zero-order valence-corrected chi connectivity index (χ0v) is 15.3. The summed E-state index contributed by atoms with van der Waals surface area (Å²) in [6.07, 6.45) is 4.52. The molecule has 0 saturated carbocycles. The van der Waals surface area contributed by atoms with E-state index in [0.29, 0.717) is 16.4 Å². The third kappa shape index (κ3) is 3.41. The quantitative estimate of drug-likeness (QED) is 0.413. The first kappa shape index (κ1) is 17.2. The Morgan fingerprint density at radius 3 is 2.92 bits per heavy atom. The van der Waals surface area contributed by atoms with Gasteiger partial charge in [0.1, 0.15) is 4.88 Å². The number of carbonyl (C=O) groups is 1. The summed E-state index contributed by atoms with van der Waals surface area (Å²) in [6, 6.07) is 8.23. The minimum Gasteiger partial charge on any atom is -0.465 e. The van der Waals surface area contributed by atoms with Gasteiger partial charge in [-0.2, -0.15) is 5.10 Å². The zero-order chi connectivity index (χ0) is 17.8. The lowest BCUT2D eigenvalue weighted by molar-refractivity contribution is 0.0605. The number of methoxy groups -OCH3 is 1. The number of esters is 1. The number of benzene rings is 1. The summed E-state index contributed by atoms with van der Waals surface area (Å²) in [5.41, 5.74) is 5.85. The second kappa shape index (κ2) is 7.48. The maximum absolute atomic E-state index is 11.8. The van der Waals surface area contributed by atoms with Crippen LogP contribution in [0.2, 0.25) is 0 Å². The molecule has 0 amide bonds. The number of anilines is 1. The highest BCUT2D eigenvalue weighted by Crippen LogP contribution is 2.24. The maximum Gasteiger partial charge on any atom is 0.350 e. The standard InChI is InChI=1S/C18H20N4O2S/c1-4-14-16(17(23)24-3)25-18(20-14)21-19-10-12-11-22(5-2)15-9-7-6-8-13(12)15/h6-11H,4-5H2,1-3H3,(H,20,21)/b19-10-. The smallest absolute Gasteiger partial charge is 0.350 e. The van der Waals surface area contributed by atoms with Crippen molar-refractivity contribution in [2.24, 2.45) is 5.10 Å². The largest absolute Gasteiger partial charge is 0.465 e. The summed E-state index contributed by atoms with van der Waals surface area (Å²) in [5.74, 6) is -0.364.